The van der Waals surface area contributed by atoms with Gasteiger partial charge < -0.3 is 10.6 Å². The van der Waals surface area contributed by atoms with Gasteiger partial charge in [-0.05, 0) is 20.9 Å². The Labute approximate surface area is 85.7 Å². The van der Waals surface area contributed by atoms with E-state index < -0.39 is 0 Å². The number of aromatic nitrogens is 2. The highest BCUT2D eigenvalue weighted by Crippen LogP contribution is 2.06. The standard InChI is InChI=1S/C10H20N4/c1-9(2)14-8-10(6-12-14)7-13(3)5-4-11/h6,8-9H,4-5,7,11H2,1-3H3. The Morgan fingerprint density at radius 2 is 2.29 bits per heavy atom. The Balaban J connectivity index is 2.51. The summed E-state index contributed by atoms with van der Waals surface area (Å²) in [7, 11) is 2.07. The first-order chi connectivity index (χ1) is 6.63. The van der Waals surface area contributed by atoms with Crippen molar-refractivity contribution < 1.29 is 0 Å². The largest absolute Gasteiger partial charge is 0.329 e. The Hall–Kier alpha value is -0.870. The number of nitrogens with zero attached hydrogens (tertiary/aromatic N) is 3. The topological polar surface area (TPSA) is 47.1 Å². The van der Waals surface area contributed by atoms with Crippen LogP contribution in [-0.2, 0) is 6.54 Å². The molecular formula is C10H20N4. The zero-order valence-corrected chi connectivity index (χ0v) is 9.27. The molecule has 1 rings (SSSR count). The summed E-state index contributed by atoms with van der Waals surface area (Å²) in [5.41, 5.74) is 6.72. The zero-order chi connectivity index (χ0) is 10.6. The molecule has 2 N–H and O–H groups in total. The molecule has 0 radical (unpaired) electrons. The van der Waals surface area contributed by atoms with E-state index in [-0.39, 0.29) is 0 Å². The normalized spacial score (nSPS) is 11.6. The average molecular weight is 196 g/mol. The van der Waals surface area contributed by atoms with Crippen molar-refractivity contribution in [2.45, 2.75) is 26.4 Å². The quantitative estimate of drug-likeness (QED) is 0.759. The lowest BCUT2D eigenvalue weighted by Gasteiger charge is -2.13. The van der Waals surface area contributed by atoms with Crippen molar-refractivity contribution in [3.8, 4) is 0 Å². The molecule has 0 atom stereocenters. The summed E-state index contributed by atoms with van der Waals surface area (Å²) in [5, 5.41) is 4.29. The summed E-state index contributed by atoms with van der Waals surface area (Å²) < 4.78 is 1.98. The maximum absolute atomic E-state index is 5.47. The zero-order valence-electron chi connectivity index (χ0n) is 9.27. The average Bonchev–Trinajstić information content (AvgIpc) is 2.53. The number of rotatable bonds is 5. The second-order valence-electron chi connectivity index (χ2n) is 3.95. The summed E-state index contributed by atoms with van der Waals surface area (Å²) in [6.45, 7) is 6.80. The molecule has 0 aromatic carbocycles. The number of hydrogen-bond donors (Lipinski definition) is 1. The van der Waals surface area contributed by atoms with E-state index in [4.69, 9.17) is 5.73 Å². The highest BCUT2D eigenvalue weighted by atomic mass is 15.3. The second kappa shape index (κ2) is 5.12. The lowest BCUT2D eigenvalue weighted by Crippen LogP contribution is -2.24. The van der Waals surface area contributed by atoms with Gasteiger partial charge in [-0.1, -0.05) is 0 Å². The first-order valence-corrected chi connectivity index (χ1v) is 5.05. The van der Waals surface area contributed by atoms with E-state index in [0.29, 0.717) is 12.6 Å². The third-order valence-corrected chi connectivity index (χ3v) is 2.15. The van der Waals surface area contributed by atoms with Crippen LogP contribution in [-0.4, -0.2) is 34.8 Å². The highest BCUT2D eigenvalue weighted by Gasteiger charge is 2.03. The summed E-state index contributed by atoms with van der Waals surface area (Å²) in [6, 6.07) is 0.434. The molecule has 0 unspecified atom stereocenters. The molecule has 0 amide bonds. The maximum Gasteiger partial charge on any atom is 0.0534 e. The molecular weight excluding hydrogens is 176 g/mol. The van der Waals surface area contributed by atoms with Gasteiger partial charge in [0.15, 0.2) is 0 Å². The van der Waals surface area contributed by atoms with E-state index in [0.717, 1.165) is 13.1 Å². The van der Waals surface area contributed by atoms with E-state index in [1.54, 1.807) is 0 Å². The van der Waals surface area contributed by atoms with E-state index in [9.17, 15) is 0 Å². The lowest BCUT2D eigenvalue weighted by molar-refractivity contribution is 0.336. The fourth-order valence-electron chi connectivity index (χ4n) is 1.35. The van der Waals surface area contributed by atoms with Crippen molar-refractivity contribution in [2.24, 2.45) is 5.73 Å². The van der Waals surface area contributed by atoms with Crippen molar-refractivity contribution in [1.82, 2.24) is 14.7 Å². The third kappa shape index (κ3) is 3.12. The van der Waals surface area contributed by atoms with Crippen LogP contribution < -0.4 is 5.73 Å². The van der Waals surface area contributed by atoms with Crippen LogP contribution in [0.1, 0.15) is 25.5 Å². The smallest absolute Gasteiger partial charge is 0.0534 e. The molecule has 1 heterocycles. The Morgan fingerprint density at radius 1 is 1.57 bits per heavy atom. The summed E-state index contributed by atoms with van der Waals surface area (Å²) in [4.78, 5) is 2.20. The minimum absolute atomic E-state index is 0.434. The van der Waals surface area contributed by atoms with Crippen LogP contribution in [0, 0.1) is 0 Å². The van der Waals surface area contributed by atoms with Crippen LogP contribution in [0.15, 0.2) is 12.4 Å². The first kappa shape index (κ1) is 11.2. The fraction of sp³-hybridized carbons (Fsp3) is 0.700. The van der Waals surface area contributed by atoms with Gasteiger partial charge in [-0.15, -0.1) is 0 Å². The van der Waals surface area contributed by atoms with Crippen molar-refractivity contribution in [1.29, 1.82) is 0 Å². The van der Waals surface area contributed by atoms with Crippen molar-refractivity contribution >= 4 is 0 Å². The van der Waals surface area contributed by atoms with Crippen LogP contribution in [0.2, 0.25) is 0 Å². The predicted octanol–water partition coefficient (Wildman–Crippen LogP) is 0.855. The molecule has 0 aliphatic rings. The van der Waals surface area contributed by atoms with Gasteiger partial charge in [0.1, 0.15) is 0 Å². The number of nitrogens with two attached hydrogens (primary N) is 1. The van der Waals surface area contributed by atoms with Gasteiger partial charge in [-0.2, -0.15) is 5.10 Å². The second-order valence-corrected chi connectivity index (χ2v) is 3.95. The van der Waals surface area contributed by atoms with E-state index in [1.165, 1.54) is 5.56 Å². The van der Waals surface area contributed by atoms with Crippen LogP contribution >= 0.6 is 0 Å². The van der Waals surface area contributed by atoms with Gasteiger partial charge in [-0.3, -0.25) is 4.68 Å². The van der Waals surface area contributed by atoms with Gasteiger partial charge in [0, 0.05) is 37.4 Å². The number of likely N-dealkylation sites (N-methyl/N-ethyl adjacent to an activating group) is 1. The van der Waals surface area contributed by atoms with Crippen molar-refractivity contribution in [2.75, 3.05) is 20.1 Å². The Kier molecular flexibility index (Phi) is 4.10. The van der Waals surface area contributed by atoms with Crippen LogP contribution in [0.4, 0.5) is 0 Å². The molecule has 0 saturated carbocycles. The molecule has 0 aliphatic carbocycles. The van der Waals surface area contributed by atoms with E-state index in [1.807, 2.05) is 10.9 Å². The molecule has 1 aromatic heterocycles. The van der Waals surface area contributed by atoms with Crippen LogP contribution in [0.25, 0.3) is 0 Å². The van der Waals surface area contributed by atoms with Crippen molar-refractivity contribution in [3.63, 3.8) is 0 Å². The monoisotopic (exact) mass is 196 g/mol. The lowest BCUT2D eigenvalue weighted by atomic mass is 10.3. The Bertz CT molecular complexity index is 267. The predicted molar refractivity (Wildman–Crippen MR) is 58.0 cm³/mol. The summed E-state index contributed by atoms with van der Waals surface area (Å²) >= 11 is 0. The summed E-state index contributed by atoms with van der Waals surface area (Å²) in [5.74, 6) is 0. The fourth-order valence-corrected chi connectivity index (χ4v) is 1.35. The van der Waals surface area contributed by atoms with E-state index in [2.05, 4.69) is 37.1 Å². The van der Waals surface area contributed by atoms with Gasteiger partial charge >= 0.3 is 0 Å². The van der Waals surface area contributed by atoms with Crippen molar-refractivity contribution in [3.05, 3.63) is 18.0 Å². The molecule has 0 aliphatic heterocycles. The molecule has 1 aromatic rings. The van der Waals surface area contributed by atoms with Gasteiger partial charge in [0.05, 0.1) is 6.20 Å². The molecule has 0 bridgehead atoms. The van der Waals surface area contributed by atoms with Gasteiger partial charge in [0.25, 0.3) is 0 Å². The molecule has 4 nitrogen and oxygen atoms in total. The molecule has 4 heteroatoms. The molecule has 0 fully saturated rings. The van der Waals surface area contributed by atoms with Gasteiger partial charge in [-0.25, -0.2) is 0 Å². The highest BCUT2D eigenvalue weighted by molar-refractivity contribution is 5.03. The molecule has 80 valence electrons. The summed E-state index contributed by atoms with van der Waals surface area (Å²) in [6.07, 6.45) is 4.02. The first-order valence-electron chi connectivity index (χ1n) is 5.05. The molecule has 14 heavy (non-hydrogen) atoms. The minimum Gasteiger partial charge on any atom is -0.329 e. The molecule has 0 saturated heterocycles. The number of hydrogen-bond acceptors (Lipinski definition) is 3. The molecule has 0 spiro atoms. The SMILES string of the molecule is CC(C)n1cc(CN(C)CCN)cn1. The Morgan fingerprint density at radius 3 is 2.79 bits per heavy atom. The van der Waals surface area contributed by atoms with Crippen LogP contribution in [0.5, 0.6) is 0 Å². The maximum atomic E-state index is 5.47. The van der Waals surface area contributed by atoms with E-state index >= 15 is 0 Å². The van der Waals surface area contributed by atoms with Crippen LogP contribution in [0.3, 0.4) is 0 Å². The minimum atomic E-state index is 0.434. The third-order valence-electron chi connectivity index (χ3n) is 2.15. The van der Waals surface area contributed by atoms with Gasteiger partial charge in [0.2, 0.25) is 0 Å².